The molecule has 21 heavy (non-hydrogen) atoms. The summed E-state index contributed by atoms with van der Waals surface area (Å²) in [6, 6.07) is 0. The summed E-state index contributed by atoms with van der Waals surface area (Å²) in [5, 5.41) is 23.3. The molecule has 4 nitrogen and oxygen atoms in total. The second-order valence-corrected chi connectivity index (χ2v) is 4.15. The van der Waals surface area contributed by atoms with Crippen LogP contribution in [-0.4, -0.2) is 21.8 Å². The van der Waals surface area contributed by atoms with Crippen LogP contribution in [0.15, 0.2) is 10.3 Å². The Morgan fingerprint density at radius 3 is 1.24 bits per heavy atom. The van der Waals surface area contributed by atoms with Gasteiger partial charge in [0.25, 0.3) is 0 Å². The summed E-state index contributed by atoms with van der Waals surface area (Å²) in [5.41, 5.74) is 1.48. The van der Waals surface area contributed by atoms with Gasteiger partial charge in [-0.05, 0) is 64.2 Å². The predicted octanol–water partition coefficient (Wildman–Crippen LogP) is 3.26. The van der Waals surface area contributed by atoms with Crippen molar-refractivity contribution in [1.82, 2.24) is 0 Å². The van der Waals surface area contributed by atoms with Gasteiger partial charge in [0.2, 0.25) is 0 Å². The topological polar surface area (TPSA) is 65.2 Å². The maximum atomic E-state index is 8.49. The molecule has 2 aliphatic carbocycles. The average molecular weight is 328 g/mol. The fourth-order valence-electron chi connectivity index (χ4n) is 1.80. The minimum absolute atomic E-state index is 0. The third-order valence-corrected chi connectivity index (χ3v) is 2.90. The van der Waals surface area contributed by atoms with E-state index >= 15 is 0 Å². The van der Waals surface area contributed by atoms with Crippen molar-refractivity contribution >= 4 is 11.4 Å². The molecule has 2 saturated carbocycles. The summed E-state index contributed by atoms with van der Waals surface area (Å²) in [4.78, 5) is 0. The standard InChI is InChI=1S/2C8H10NO.Fe/c2*1-2-8(9-10)7-5-3-4-6-7;/h2*3-6,10H,2H2,1H3;/q;;+2/b2*9-8+;. The minimum Gasteiger partial charge on any atom is -0.411 e. The van der Waals surface area contributed by atoms with Crippen molar-refractivity contribution in [2.75, 3.05) is 0 Å². The Balaban J connectivity index is 0.000000364. The van der Waals surface area contributed by atoms with Crippen LogP contribution in [0.2, 0.25) is 0 Å². The van der Waals surface area contributed by atoms with Crippen molar-refractivity contribution in [3.05, 3.63) is 63.2 Å². The maximum Gasteiger partial charge on any atom is 2.00 e. The maximum absolute atomic E-state index is 8.49. The van der Waals surface area contributed by atoms with Gasteiger partial charge in [0.1, 0.15) is 0 Å². The number of nitrogens with zero attached hydrogens (tertiary/aromatic N) is 2. The van der Waals surface area contributed by atoms with E-state index in [1.807, 2.05) is 65.2 Å². The largest absolute Gasteiger partial charge is 2.00 e. The van der Waals surface area contributed by atoms with E-state index in [0.29, 0.717) is 0 Å². The van der Waals surface area contributed by atoms with Crippen molar-refractivity contribution < 1.29 is 27.5 Å². The summed E-state index contributed by atoms with van der Waals surface area (Å²) in [7, 11) is 0. The second-order valence-electron chi connectivity index (χ2n) is 4.15. The van der Waals surface area contributed by atoms with Crippen LogP contribution in [0, 0.1) is 63.2 Å². The van der Waals surface area contributed by atoms with Crippen LogP contribution in [0.25, 0.3) is 0 Å². The van der Waals surface area contributed by atoms with Crippen LogP contribution in [0.1, 0.15) is 26.7 Å². The molecule has 0 aromatic heterocycles. The normalized spacial score (nSPS) is 20.9. The summed E-state index contributed by atoms with van der Waals surface area (Å²) < 4.78 is 0. The van der Waals surface area contributed by atoms with Crippen LogP contribution in [-0.2, 0) is 17.1 Å². The molecule has 0 unspecified atom stereocenters. The third kappa shape index (κ3) is 6.84. The van der Waals surface area contributed by atoms with Crippen LogP contribution >= 0.6 is 0 Å². The summed E-state index contributed by atoms with van der Waals surface area (Å²) in [5.74, 6) is 2.01. The molecule has 2 fully saturated rings. The molecule has 0 aromatic rings. The van der Waals surface area contributed by atoms with E-state index in [0.717, 1.165) is 36.1 Å². The van der Waals surface area contributed by atoms with Gasteiger partial charge in [-0.3, -0.25) is 0 Å². The molecule has 5 heteroatoms. The Bertz CT molecular complexity index is 288. The first-order chi connectivity index (χ1) is 9.76. The number of hydrogen-bond acceptors (Lipinski definition) is 4. The molecule has 2 rings (SSSR count). The van der Waals surface area contributed by atoms with E-state index in [-0.39, 0.29) is 17.1 Å². The van der Waals surface area contributed by atoms with Gasteiger partial charge in [-0.15, -0.1) is 0 Å². The molecular formula is C16H20FeN2O2+2. The first-order valence-corrected chi connectivity index (χ1v) is 6.62. The molecule has 0 spiro atoms. The third-order valence-electron chi connectivity index (χ3n) is 2.90. The van der Waals surface area contributed by atoms with Gasteiger partial charge in [-0.25, -0.2) is 0 Å². The quantitative estimate of drug-likeness (QED) is 0.360. The van der Waals surface area contributed by atoms with Crippen LogP contribution in [0.3, 0.4) is 0 Å². The van der Waals surface area contributed by atoms with E-state index in [4.69, 9.17) is 10.4 Å². The number of rotatable bonds is 4. The molecule has 2 N–H and O–H groups in total. The van der Waals surface area contributed by atoms with Crippen molar-refractivity contribution in [2.45, 2.75) is 26.7 Å². The van der Waals surface area contributed by atoms with Gasteiger partial charge < -0.3 is 10.4 Å². The second kappa shape index (κ2) is 12.0. The Morgan fingerprint density at radius 2 is 1.05 bits per heavy atom. The summed E-state index contributed by atoms with van der Waals surface area (Å²) in [6.45, 7) is 3.92. The molecule has 0 amide bonds. The van der Waals surface area contributed by atoms with Crippen LogP contribution in [0.4, 0.5) is 0 Å². The Morgan fingerprint density at radius 1 is 0.762 bits per heavy atom. The van der Waals surface area contributed by atoms with Gasteiger partial charge in [0, 0.05) is 11.8 Å². The minimum atomic E-state index is 0. The molecule has 0 aromatic carbocycles. The van der Waals surface area contributed by atoms with Crippen LogP contribution in [0.5, 0.6) is 0 Å². The van der Waals surface area contributed by atoms with Gasteiger partial charge in [-0.2, -0.15) is 0 Å². The Hall–Kier alpha value is -0.541. The molecule has 0 aliphatic heterocycles. The van der Waals surface area contributed by atoms with E-state index in [1.165, 1.54) is 0 Å². The zero-order valence-corrected chi connectivity index (χ0v) is 13.3. The molecule has 2 aliphatic rings. The van der Waals surface area contributed by atoms with Gasteiger partial charge >= 0.3 is 17.1 Å². The van der Waals surface area contributed by atoms with E-state index < -0.39 is 0 Å². The van der Waals surface area contributed by atoms with Crippen molar-refractivity contribution in [3.8, 4) is 0 Å². The van der Waals surface area contributed by atoms with Crippen molar-refractivity contribution in [2.24, 2.45) is 10.3 Å². The fraction of sp³-hybridized carbons (Fsp3) is 0.250. The molecule has 0 saturated heterocycles. The number of hydrogen-bond donors (Lipinski definition) is 2. The molecule has 0 atom stereocenters. The first kappa shape index (κ1) is 20.5. The monoisotopic (exact) mass is 328 g/mol. The molecule has 0 heterocycles. The van der Waals surface area contributed by atoms with Crippen molar-refractivity contribution in [3.63, 3.8) is 0 Å². The van der Waals surface area contributed by atoms with E-state index in [2.05, 4.69) is 10.3 Å². The Kier molecular flexibility index (Phi) is 11.7. The van der Waals surface area contributed by atoms with E-state index in [1.54, 1.807) is 0 Å². The fourth-order valence-corrected chi connectivity index (χ4v) is 1.80. The summed E-state index contributed by atoms with van der Waals surface area (Å²) >= 11 is 0. The van der Waals surface area contributed by atoms with Crippen molar-refractivity contribution in [1.29, 1.82) is 0 Å². The predicted molar refractivity (Wildman–Crippen MR) is 79.9 cm³/mol. The Labute approximate surface area is 139 Å². The SMILES string of the molecule is CC/C(=N\O)[C]1[CH][CH][CH][CH]1.CC/C(=N\O)[C]1[CH][CH][CH][CH]1.[Fe+2]. The zero-order chi connectivity index (χ0) is 14.8. The number of oxime groups is 2. The van der Waals surface area contributed by atoms with Gasteiger partial charge in [0.15, 0.2) is 0 Å². The zero-order valence-electron chi connectivity index (χ0n) is 12.2. The molecule has 0 bridgehead atoms. The van der Waals surface area contributed by atoms with E-state index in [9.17, 15) is 0 Å². The van der Waals surface area contributed by atoms with Gasteiger partial charge in [-0.1, -0.05) is 24.2 Å². The molecular weight excluding hydrogens is 308 g/mol. The van der Waals surface area contributed by atoms with Gasteiger partial charge in [0.05, 0.1) is 11.4 Å². The smallest absolute Gasteiger partial charge is 0.411 e. The molecule has 112 valence electrons. The molecule has 10 radical (unpaired) electrons. The van der Waals surface area contributed by atoms with Crippen LogP contribution < -0.4 is 0 Å². The summed E-state index contributed by atoms with van der Waals surface area (Å²) in [6.07, 6.45) is 17.0. The average Bonchev–Trinajstić information content (AvgIpc) is 3.15. The first-order valence-electron chi connectivity index (χ1n) is 6.62.